The first-order chi connectivity index (χ1) is 9.54. The highest BCUT2D eigenvalue weighted by atomic mass is 79.9. The van der Waals surface area contributed by atoms with Crippen molar-refractivity contribution in [1.82, 2.24) is 10.6 Å². The summed E-state index contributed by atoms with van der Waals surface area (Å²) in [5.41, 5.74) is 0.546. The number of hydrogen-bond donors (Lipinski definition) is 4. The Morgan fingerprint density at radius 2 is 2.05 bits per heavy atom. The molecule has 2 amide bonds. The quantitative estimate of drug-likeness (QED) is 0.571. The van der Waals surface area contributed by atoms with Crippen molar-refractivity contribution in [3.8, 4) is 0 Å². The molecule has 0 spiro atoms. The molecule has 0 aliphatic carbocycles. The van der Waals surface area contributed by atoms with Gasteiger partial charge in [-0.15, -0.1) is 0 Å². The Balaban J connectivity index is 2.49. The van der Waals surface area contributed by atoms with Gasteiger partial charge >= 0.3 is 12.0 Å². The van der Waals surface area contributed by atoms with Crippen LogP contribution >= 0.6 is 15.9 Å². The van der Waals surface area contributed by atoms with E-state index in [2.05, 4.69) is 31.9 Å². The monoisotopic (exact) mass is 343 g/mol. The highest BCUT2D eigenvalue weighted by Crippen LogP contribution is 2.23. The average molecular weight is 344 g/mol. The summed E-state index contributed by atoms with van der Waals surface area (Å²) in [7, 11) is 0. The molecule has 0 aromatic heterocycles. The van der Waals surface area contributed by atoms with Crippen molar-refractivity contribution < 1.29 is 14.7 Å². The van der Waals surface area contributed by atoms with Crippen molar-refractivity contribution in [2.24, 2.45) is 0 Å². The number of nitrogens with one attached hydrogen (secondary N) is 3. The van der Waals surface area contributed by atoms with Crippen LogP contribution in [0.5, 0.6) is 0 Å². The number of halogens is 1. The van der Waals surface area contributed by atoms with Gasteiger partial charge < -0.3 is 21.1 Å². The molecule has 1 rings (SSSR count). The summed E-state index contributed by atoms with van der Waals surface area (Å²) in [5, 5.41) is 17.4. The lowest BCUT2D eigenvalue weighted by atomic mass is 10.2. The average Bonchev–Trinajstić information content (AvgIpc) is 2.40. The molecule has 0 bridgehead atoms. The van der Waals surface area contributed by atoms with E-state index in [1.165, 1.54) is 12.1 Å². The molecule has 0 fully saturated rings. The van der Waals surface area contributed by atoms with E-state index < -0.39 is 5.97 Å². The maximum Gasteiger partial charge on any atom is 0.335 e. The highest BCUT2D eigenvalue weighted by molar-refractivity contribution is 9.10. The van der Waals surface area contributed by atoms with Gasteiger partial charge in [0.05, 0.1) is 11.3 Å². The Hall–Kier alpha value is -1.60. The van der Waals surface area contributed by atoms with Crippen LogP contribution in [0.4, 0.5) is 10.5 Å². The van der Waals surface area contributed by atoms with E-state index in [1.54, 1.807) is 6.07 Å². The summed E-state index contributed by atoms with van der Waals surface area (Å²) in [6, 6.07) is 4.10. The normalized spacial score (nSPS) is 10.1. The minimum Gasteiger partial charge on any atom is -0.478 e. The second-order valence-corrected chi connectivity index (χ2v) is 4.94. The fourth-order valence-corrected chi connectivity index (χ4v) is 1.86. The van der Waals surface area contributed by atoms with Crippen molar-refractivity contribution in [3.05, 3.63) is 28.2 Å². The van der Waals surface area contributed by atoms with Crippen LogP contribution in [0.2, 0.25) is 0 Å². The van der Waals surface area contributed by atoms with E-state index in [-0.39, 0.29) is 11.6 Å². The van der Waals surface area contributed by atoms with Crippen LogP contribution in [-0.2, 0) is 0 Å². The molecular formula is C13H18BrN3O3. The van der Waals surface area contributed by atoms with Crippen molar-refractivity contribution >= 4 is 33.6 Å². The highest BCUT2D eigenvalue weighted by Gasteiger charge is 2.09. The lowest BCUT2D eigenvalue weighted by molar-refractivity contribution is 0.0697. The molecule has 7 heteroatoms. The molecule has 20 heavy (non-hydrogen) atoms. The standard InChI is InChI=1S/C13H18BrN3O3/c1-2-15-6-3-7-16-13(20)17-11-8-9(12(18)19)4-5-10(11)14/h4-5,8,15H,2-3,6-7H2,1H3,(H,18,19)(H2,16,17,20). The molecule has 6 nitrogen and oxygen atoms in total. The van der Waals surface area contributed by atoms with E-state index in [0.29, 0.717) is 16.7 Å². The number of aromatic carboxylic acids is 1. The van der Waals surface area contributed by atoms with Crippen LogP contribution in [0.15, 0.2) is 22.7 Å². The third-order valence-electron chi connectivity index (χ3n) is 2.53. The fourth-order valence-electron chi connectivity index (χ4n) is 1.51. The maximum absolute atomic E-state index is 11.7. The molecule has 0 saturated carbocycles. The van der Waals surface area contributed by atoms with Gasteiger partial charge in [0.2, 0.25) is 0 Å². The van der Waals surface area contributed by atoms with Gasteiger partial charge in [-0.3, -0.25) is 0 Å². The predicted molar refractivity (Wildman–Crippen MR) is 81.3 cm³/mol. The molecule has 0 saturated heterocycles. The minimum atomic E-state index is -1.04. The van der Waals surface area contributed by atoms with Crippen molar-refractivity contribution in [1.29, 1.82) is 0 Å². The summed E-state index contributed by atoms with van der Waals surface area (Å²) >= 11 is 3.27. The second kappa shape index (κ2) is 8.55. The van der Waals surface area contributed by atoms with Crippen molar-refractivity contribution in [2.45, 2.75) is 13.3 Å². The first-order valence-electron chi connectivity index (χ1n) is 6.33. The van der Waals surface area contributed by atoms with Crippen LogP contribution in [0.1, 0.15) is 23.7 Å². The molecular weight excluding hydrogens is 326 g/mol. The predicted octanol–water partition coefficient (Wildman–Crippen LogP) is 2.27. The third-order valence-corrected chi connectivity index (χ3v) is 3.22. The molecule has 1 aromatic rings. The molecule has 0 heterocycles. The van der Waals surface area contributed by atoms with Gasteiger partial charge in [0, 0.05) is 11.0 Å². The van der Waals surface area contributed by atoms with Crippen LogP contribution in [0, 0.1) is 0 Å². The zero-order valence-electron chi connectivity index (χ0n) is 11.2. The van der Waals surface area contributed by atoms with Gasteiger partial charge in [0.15, 0.2) is 0 Å². The molecule has 0 atom stereocenters. The lowest BCUT2D eigenvalue weighted by Gasteiger charge is -2.10. The lowest BCUT2D eigenvalue weighted by Crippen LogP contribution is -2.31. The third kappa shape index (κ3) is 5.58. The van der Waals surface area contributed by atoms with Crippen molar-refractivity contribution in [3.63, 3.8) is 0 Å². The number of hydrogen-bond acceptors (Lipinski definition) is 3. The Morgan fingerprint density at radius 3 is 2.70 bits per heavy atom. The number of amides is 2. The van der Waals surface area contributed by atoms with Crippen LogP contribution in [0.3, 0.4) is 0 Å². The van der Waals surface area contributed by atoms with E-state index in [0.717, 1.165) is 19.5 Å². The molecule has 0 aliphatic heterocycles. The number of carbonyl (C=O) groups excluding carboxylic acids is 1. The summed E-state index contributed by atoms with van der Waals surface area (Å²) in [6.07, 6.45) is 0.831. The largest absolute Gasteiger partial charge is 0.478 e. The number of benzene rings is 1. The minimum absolute atomic E-state index is 0.121. The molecule has 4 N–H and O–H groups in total. The summed E-state index contributed by atoms with van der Waals surface area (Å²) in [6.45, 7) is 4.32. The second-order valence-electron chi connectivity index (χ2n) is 4.09. The van der Waals surface area contributed by atoms with E-state index >= 15 is 0 Å². The molecule has 0 aliphatic rings. The van der Waals surface area contributed by atoms with Gasteiger partial charge in [-0.2, -0.15) is 0 Å². The first-order valence-corrected chi connectivity index (χ1v) is 7.12. The zero-order valence-corrected chi connectivity index (χ0v) is 12.8. The number of carbonyl (C=O) groups is 2. The van der Waals surface area contributed by atoms with E-state index in [9.17, 15) is 9.59 Å². The van der Waals surface area contributed by atoms with Crippen molar-refractivity contribution in [2.75, 3.05) is 25.0 Å². The van der Waals surface area contributed by atoms with Crippen LogP contribution < -0.4 is 16.0 Å². The van der Waals surface area contributed by atoms with Gasteiger partial charge in [0.25, 0.3) is 0 Å². The number of rotatable bonds is 7. The zero-order chi connectivity index (χ0) is 15.0. The number of carboxylic acids is 1. The Labute approximate surface area is 126 Å². The maximum atomic E-state index is 11.7. The Morgan fingerprint density at radius 1 is 1.30 bits per heavy atom. The topological polar surface area (TPSA) is 90.5 Å². The Kier molecular flexibility index (Phi) is 7.03. The smallest absolute Gasteiger partial charge is 0.335 e. The first kappa shape index (κ1) is 16.5. The van der Waals surface area contributed by atoms with E-state index in [4.69, 9.17) is 5.11 Å². The summed E-state index contributed by atoms with van der Waals surface area (Å²) < 4.78 is 0.630. The van der Waals surface area contributed by atoms with Crippen LogP contribution in [-0.4, -0.2) is 36.7 Å². The van der Waals surface area contributed by atoms with Gasteiger partial charge in [-0.05, 0) is 53.6 Å². The number of anilines is 1. The number of carboxylic acid groups (broad SMARTS) is 1. The molecule has 0 unspecified atom stereocenters. The fraction of sp³-hybridized carbons (Fsp3) is 0.385. The van der Waals surface area contributed by atoms with Gasteiger partial charge in [0.1, 0.15) is 0 Å². The SMILES string of the molecule is CCNCCCNC(=O)Nc1cc(C(=O)O)ccc1Br. The van der Waals surface area contributed by atoms with Gasteiger partial charge in [-0.1, -0.05) is 6.92 Å². The molecule has 0 radical (unpaired) electrons. The Bertz CT molecular complexity index is 480. The van der Waals surface area contributed by atoms with Gasteiger partial charge in [-0.25, -0.2) is 9.59 Å². The van der Waals surface area contributed by atoms with E-state index in [1.807, 2.05) is 6.92 Å². The summed E-state index contributed by atoms with van der Waals surface area (Å²) in [4.78, 5) is 22.5. The molecule has 1 aromatic carbocycles. The molecule has 110 valence electrons. The summed E-state index contributed by atoms with van der Waals surface area (Å²) in [5.74, 6) is -1.04. The van der Waals surface area contributed by atoms with Crippen LogP contribution in [0.25, 0.3) is 0 Å². The number of urea groups is 1.